The molecule has 0 atom stereocenters. The molecule has 1 amide bonds. The van der Waals surface area contributed by atoms with Crippen LogP contribution in [0.4, 0.5) is 0 Å². The number of carbonyl (C=O) groups excluding carboxylic acids is 1. The van der Waals surface area contributed by atoms with Crippen LogP contribution in [-0.4, -0.2) is 54.3 Å². The Labute approximate surface area is 166 Å². The van der Waals surface area contributed by atoms with Crippen molar-refractivity contribution in [2.45, 2.75) is 5.60 Å². The molecule has 0 aromatic heterocycles. The smallest absolute Gasteiger partial charge is 0.262 e. The van der Waals surface area contributed by atoms with Gasteiger partial charge in [0.05, 0.1) is 19.7 Å². The Bertz CT molecular complexity index is 718. The Kier molecular flexibility index (Phi) is 9.55. The second-order valence-corrected chi connectivity index (χ2v) is 5.94. The molecule has 0 bridgehead atoms. The van der Waals surface area contributed by atoms with E-state index in [-0.39, 0.29) is 25.6 Å². The van der Waals surface area contributed by atoms with Crippen LogP contribution in [0, 0.1) is 11.8 Å². The highest BCUT2D eigenvalue weighted by Gasteiger charge is 2.39. The molecule has 0 heterocycles. The summed E-state index contributed by atoms with van der Waals surface area (Å²) in [6, 6.07) is 17.7. The maximum atomic E-state index is 12.8. The number of aliphatic hydroxyl groups excluding tert-OH is 1. The lowest BCUT2D eigenvalue weighted by Crippen LogP contribution is -2.45. The lowest BCUT2D eigenvalue weighted by atomic mass is 9.85. The van der Waals surface area contributed by atoms with Crippen LogP contribution in [0.3, 0.4) is 0 Å². The molecule has 5 nitrogen and oxygen atoms in total. The normalized spacial score (nSPS) is 10.5. The number of rotatable bonds is 7. The maximum absolute atomic E-state index is 12.8. The number of aliphatic hydroxyl groups is 2. The molecule has 0 aliphatic carbocycles. The summed E-state index contributed by atoms with van der Waals surface area (Å²) in [5.74, 6) is 5.27. The fourth-order valence-corrected chi connectivity index (χ4v) is 2.54. The molecule has 0 aliphatic heterocycles. The quantitative estimate of drug-likeness (QED) is 0.627. The molecule has 0 spiro atoms. The number of hydrogen-bond donors (Lipinski definition) is 3. The van der Waals surface area contributed by atoms with Gasteiger partial charge in [-0.15, -0.1) is 12.4 Å². The van der Waals surface area contributed by atoms with Gasteiger partial charge in [0.1, 0.15) is 0 Å². The van der Waals surface area contributed by atoms with Crippen molar-refractivity contribution in [1.29, 1.82) is 0 Å². The average Bonchev–Trinajstić information content (AvgIpc) is 2.68. The number of benzene rings is 2. The van der Waals surface area contributed by atoms with Crippen LogP contribution >= 0.6 is 12.4 Å². The zero-order valence-corrected chi connectivity index (χ0v) is 16.1. The van der Waals surface area contributed by atoms with Gasteiger partial charge >= 0.3 is 0 Å². The van der Waals surface area contributed by atoms with E-state index in [1.165, 1.54) is 0 Å². The van der Waals surface area contributed by atoms with Crippen molar-refractivity contribution in [1.82, 2.24) is 10.2 Å². The van der Waals surface area contributed by atoms with Crippen molar-refractivity contribution < 1.29 is 15.0 Å². The summed E-state index contributed by atoms with van der Waals surface area (Å²) in [4.78, 5) is 14.7. The number of carbonyl (C=O) groups is 1. The molecule has 144 valence electrons. The van der Waals surface area contributed by atoms with E-state index in [9.17, 15) is 9.90 Å². The van der Waals surface area contributed by atoms with Crippen molar-refractivity contribution in [2.24, 2.45) is 0 Å². The Morgan fingerprint density at radius 3 is 2.04 bits per heavy atom. The highest BCUT2D eigenvalue weighted by Crippen LogP contribution is 2.29. The molecule has 0 saturated heterocycles. The van der Waals surface area contributed by atoms with Gasteiger partial charge in [0.15, 0.2) is 5.60 Å². The molecule has 0 saturated carbocycles. The predicted molar refractivity (Wildman–Crippen MR) is 108 cm³/mol. The van der Waals surface area contributed by atoms with Gasteiger partial charge in [-0.2, -0.15) is 0 Å². The molecular weight excluding hydrogens is 364 g/mol. The van der Waals surface area contributed by atoms with E-state index < -0.39 is 11.5 Å². The second kappa shape index (κ2) is 11.4. The monoisotopic (exact) mass is 388 g/mol. The number of nitrogens with one attached hydrogen (secondary N) is 1. The Morgan fingerprint density at radius 2 is 1.56 bits per heavy atom. The van der Waals surface area contributed by atoms with E-state index in [2.05, 4.69) is 17.2 Å². The van der Waals surface area contributed by atoms with E-state index in [0.29, 0.717) is 24.2 Å². The van der Waals surface area contributed by atoms with Gasteiger partial charge in [0, 0.05) is 6.54 Å². The number of likely N-dealkylation sites (N-methyl/N-ethyl adjacent to an activating group) is 1. The second-order valence-electron chi connectivity index (χ2n) is 5.94. The first-order valence-corrected chi connectivity index (χ1v) is 8.46. The summed E-state index contributed by atoms with van der Waals surface area (Å²) in [6.07, 6.45) is 0. The fourth-order valence-electron chi connectivity index (χ4n) is 2.54. The van der Waals surface area contributed by atoms with Gasteiger partial charge in [-0.3, -0.25) is 9.69 Å². The molecule has 6 heteroatoms. The highest BCUT2D eigenvalue weighted by atomic mass is 35.5. The molecule has 0 fully saturated rings. The van der Waals surface area contributed by atoms with E-state index >= 15 is 0 Å². The molecule has 2 rings (SSSR count). The molecule has 0 aliphatic rings. The zero-order valence-electron chi connectivity index (χ0n) is 15.3. The molecule has 3 N–H and O–H groups in total. The van der Waals surface area contributed by atoms with Crippen LogP contribution in [-0.2, 0) is 10.4 Å². The van der Waals surface area contributed by atoms with Crippen molar-refractivity contribution in [3.63, 3.8) is 0 Å². The Hall–Kier alpha value is -2.36. The fraction of sp³-hybridized carbons (Fsp3) is 0.286. The van der Waals surface area contributed by atoms with E-state index in [4.69, 9.17) is 5.11 Å². The third kappa shape index (κ3) is 6.09. The topological polar surface area (TPSA) is 72.8 Å². The van der Waals surface area contributed by atoms with Gasteiger partial charge in [-0.05, 0) is 18.2 Å². The number of hydrogen-bond acceptors (Lipinski definition) is 4. The molecule has 27 heavy (non-hydrogen) atoms. The highest BCUT2D eigenvalue weighted by molar-refractivity contribution is 5.90. The molecule has 2 aromatic rings. The van der Waals surface area contributed by atoms with Crippen molar-refractivity contribution in [2.75, 3.05) is 33.3 Å². The van der Waals surface area contributed by atoms with E-state index in [1.54, 1.807) is 48.5 Å². The van der Waals surface area contributed by atoms with Gasteiger partial charge < -0.3 is 15.5 Å². The number of nitrogens with zero attached hydrogens (tertiary/aromatic N) is 1. The summed E-state index contributed by atoms with van der Waals surface area (Å²) >= 11 is 0. The Morgan fingerprint density at radius 1 is 1.04 bits per heavy atom. The standard InChI is InChI=1S/C21H24N2O3.ClH/c1-23(16-17-24)15-9-8-14-22-20(25)21(26,18-10-4-2-5-11-18)19-12-6-3-7-13-19;/h2-7,10-13,24,26H,14-17H2,1H3,(H,22,25);1H. The first-order valence-electron chi connectivity index (χ1n) is 8.46. The maximum Gasteiger partial charge on any atom is 0.262 e. The summed E-state index contributed by atoms with van der Waals surface area (Å²) < 4.78 is 0. The van der Waals surface area contributed by atoms with Crippen molar-refractivity contribution >= 4 is 18.3 Å². The van der Waals surface area contributed by atoms with Crippen LogP contribution in [0.25, 0.3) is 0 Å². The molecule has 0 unspecified atom stereocenters. The summed E-state index contributed by atoms with van der Waals surface area (Å²) in [6.45, 7) is 1.25. The average molecular weight is 389 g/mol. The minimum Gasteiger partial charge on any atom is -0.395 e. The lowest BCUT2D eigenvalue weighted by Gasteiger charge is -2.27. The SMILES string of the molecule is CN(CC#CCNC(=O)C(O)(c1ccccc1)c1ccccc1)CCO.Cl. The molecule has 2 aromatic carbocycles. The largest absolute Gasteiger partial charge is 0.395 e. The summed E-state index contributed by atoms with van der Waals surface area (Å²) in [5.41, 5.74) is -0.781. The number of halogens is 1. The first-order chi connectivity index (χ1) is 12.6. The summed E-state index contributed by atoms with van der Waals surface area (Å²) in [7, 11) is 1.85. The third-order valence-corrected chi connectivity index (χ3v) is 4.00. The third-order valence-electron chi connectivity index (χ3n) is 4.00. The first kappa shape index (κ1) is 22.7. The molecular formula is C21H25ClN2O3. The molecule has 0 radical (unpaired) electrons. The van der Waals surface area contributed by atoms with Gasteiger partial charge in [-0.25, -0.2) is 0 Å². The van der Waals surface area contributed by atoms with Gasteiger partial charge in [-0.1, -0.05) is 72.5 Å². The minimum absolute atomic E-state index is 0. The van der Waals surface area contributed by atoms with Crippen LogP contribution in [0.5, 0.6) is 0 Å². The minimum atomic E-state index is -1.78. The van der Waals surface area contributed by atoms with Gasteiger partial charge in [0.2, 0.25) is 0 Å². The lowest BCUT2D eigenvalue weighted by molar-refractivity contribution is -0.136. The van der Waals surface area contributed by atoms with E-state index in [1.807, 2.05) is 24.1 Å². The summed E-state index contributed by atoms with van der Waals surface area (Å²) in [5, 5.41) is 22.8. The predicted octanol–water partition coefficient (Wildman–Crippen LogP) is 1.39. The van der Waals surface area contributed by atoms with Crippen molar-refractivity contribution in [3.8, 4) is 11.8 Å². The van der Waals surface area contributed by atoms with Gasteiger partial charge in [0.25, 0.3) is 5.91 Å². The van der Waals surface area contributed by atoms with Crippen LogP contribution in [0.2, 0.25) is 0 Å². The van der Waals surface area contributed by atoms with E-state index in [0.717, 1.165) is 0 Å². The van der Waals surface area contributed by atoms with Crippen LogP contribution in [0.15, 0.2) is 60.7 Å². The van der Waals surface area contributed by atoms with Crippen molar-refractivity contribution in [3.05, 3.63) is 71.8 Å². The Balaban J connectivity index is 0.00000364. The van der Waals surface area contributed by atoms with Crippen LogP contribution < -0.4 is 5.32 Å². The zero-order chi connectivity index (χ0) is 18.8. The van der Waals surface area contributed by atoms with Crippen LogP contribution in [0.1, 0.15) is 11.1 Å². The number of amides is 1.